The van der Waals surface area contributed by atoms with Crippen LogP contribution in [0, 0.1) is 5.41 Å². The van der Waals surface area contributed by atoms with Crippen LogP contribution in [0.1, 0.15) is 20.8 Å². The SMILES string of the molecule is CC(C)(C)C(CP(=O)(O)O)(OCCO)N1CCNCC1.P. The molecule has 4 N–H and O–H groups in total. The number of ether oxygens (including phenoxy) is 1. The van der Waals surface area contributed by atoms with Crippen LogP contribution in [-0.2, 0) is 9.30 Å². The number of aliphatic hydroxyl groups is 1. The van der Waals surface area contributed by atoms with Gasteiger partial charge in [0.25, 0.3) is 0 Å². The highest BCUT2D eigenvalue weighted by molar-refractivity contribution is 7.51. The standard InChI is InChI=1S/C12H27N2O5P.H3P/c1-11(2,3)12(19-9-8-15,10-20(16,17)18)14-6-4-13-5-7-14;/h13,15H,4-10H2,1-3H3,(H2,16,17,18);1H3. The molecule has 0 spiro atoms. The molecule has 1 saturated heterocycles. The van der Waals surface area contributed by atoms with Crippen molar-refractivity contribution in [3.05, 3.63) is 0 Å². The number of aliphatic hydroxyl groups excluding tert-OH is 1. The fourth-order valence-corrected chi connectivity index (χ4v) is 4.01. The van der Waals surface area contributed by atoms with Crippen LogP contribution in [0.15, 0.2) is 0 Å². The summed E-state index contributed by atoms with van der Waals surface area (Å²) in [7, 11) is -4.26. The van der Waals surface area contributed by atoms with Gasteiger partial charge in [0.05, 0.1) is 19.4 Å². The number of rotatable bonds is 6. The molecule has 0 aromatic heterocycles. The summed E-state index contributed by atoms with van der Waals surface area (Å²) in [6.07, 6.45) is -0.372. The van der Waals surface area contributed by atoms with E-state index in [9.17, 15) is 14.4 Å². The molecule has 1 rings (SSSR count). The molecule has 0 amide bonds. The first-order valence-corrected chi connectivity index (χ1v) is 8.67. The summed E-state index contributed by atoms with van der Waals surface area (Å²) in [6.45, 7) is 8.41. The highest BCUT2D eigenvalue weighted by Crippen LogP contribution is 2.48. The molecule has 2 unspecified atom stereocenters. The molecule has 21 heavy (non-hydrogen) atoms. The van der Waals surface area contributed by atoms with Gasteiger partial charge in [0, 0.05) is 31.6 Å². The normalized spacial score (nSPS) is 20.7. The van der Waals surface area contributed by atoms with E-state index in [4.69, 9.17) is 9.84 Å². The monoisotopic (exact) mass is 344 g/mol. The summed E-state index contributed by atoms with van der Waals surface area (Å²) in [5.41, 5.74) is -1.59. The predicted molar refractivity (Wildman–Crippen MR) is 87.7 cm³/mol. The van der Waals surface area contributed by atoms with Crippen molar-refractivity contribution in [2.75, 3.05) is 45.6 Å². The van der Waals surface area contributed by atoms with Crippen molar-refractivity contribution in [2.24, 2.45) is 5.41 Å². The average molecular weight is 344 g/mol. The summed E-state index contributed by atoms with van der Waals surface area (Å²) >= 11 is 0. The largest absolute Gasteiger partial charge is 0.394 e. The summed E-state index contributed by atoms with van der Waals surface area (Å²) in [6, 6.07) is 0. The zero-order valence-corrected chi connectivity index (χ0v) is 15.5. The van der Waals surface area contributed by atoms with E-state index in [1.54, 1.807) is 0 Å². The van der Waals surface area contributed by atoms with Gasteiger partial charge in [-0.25, -0.2) is 0 Å². The molecule has 7 nitrogen and oxygen atoms in total. The lowest BCUT2D eigenvalue weighted by atomic mass is 9.82. The van der Waals surface area contributed by atoms with Gasteiger partial charge >= 0.3 is 7.60 Å². The van der Waals surface area contributed by atoms with E-state index >= 15 is 0 Å². The van der Waals surface area contributed by atoms with Gasteiger partial charge in [0.1, 0.15) is 5.72 Å². The lowest BCUT2D eigenvalue weighted by Gasteiger charge is -2.52. The maximum Gasteiger partial charge on any atom is 0.329 e. The number of hydrogen-bond donors (Lipinski definition) is 4. The van der Waals surface area contributed by atoms with E-state index in [0.717, 1.165) is 13.1 Å². The molecular weight excluding hydrogens is 314 g/mol. The van der Waals surface area contributed by atoms with Crippen molar-refractivity contribution < 1.29 is 24.2 Å². The number of piperazine rings is 1. The van der Waals surface area contributed by atoms with Crippen LogP contribution in [0.4, 0.5) is 0 Å². The molecule has 0 saturated carbocycles. The first-order valence-electron chi connectivity index (χ1n) is 6.87. The fourth-order valence-electron chi connectivity index (χ4n) is 2.68. The van der Waals surface area contributed by atoms with Crippen LogP contribution in [-0.4, -0.2) is 71.1 Å². The minimum Gasteiger partial charge on any atom is -0.394 e. The van der Waals surface area contributed by atoms with Gasteiger partial charge in [-0.1, -0.05) is 20.8 Å². The molecule has 0 radical (unpaired) electrons. The van der Waals surface area contributed by atoms with Gasteiger partial charge in [-0.15, -0.1) is 0 Å². The van der Waals surface area contributed by atoms with E-state index in [2.05, 4.69) is 5.32 Å². The minimum atomic E-state index is -4.26. The lowest BCUT2D eigenvalue weighted by Crippen LogP contribution is -2.65. The van der Waals surface area contributed by atoms with E-state index in [0.29, 0.717) is 13.1 Å². The molecule has 1 fully saturated rings. The van der Waals surface area contributed by atoms with Gasteiger partial charge in [-0.3, -0.25) is 9.46 Å². The Morgan fingerprint density at radius 2 is 1.76 bits per heavy atom. The molecule has 1 heterocycles. The fraction of sp³-hybridized carbons (Fsp3) is 1.00. The predicted octanol–water partition coefficient (Wildman–Crippen LogP) is -0.121. The van der Waals surface area contributed by atoms with Crippen LogP contribution in [0.25, 0.3) is 0 Å². The average Bonchev–Trinajstić information content (AvgIpc) is 2.32. The molecule has 1 aliphatic rings. The van der Waals surface area contributed by atoms with Crippen LogP contribution in [0.3, 0.4) is 0 Å². The van der Waals surface area contributed by atoms with Crippen LogP contribution >= 0.6 is 17.5 Å². The van der Waals surface area contributed by atoms with Gasteiger partial charge in [0.15, 0.2) is 0 Å². The Labute approximate surface area is 130 Å². The third-order valence-electron chi connectivity index (χ3n) is 3.65. The lowest BCUT2D eigenvalue weighted by molar-refractivity contribution is -0.209. The van der Waals surface area contributed by atoms with Crippen molar-refractivity contribution in [2.45, 2.75) is 26.5 Å². The Balaban J connectivity index is 0.00000400. The van der Waals surface area contributed by atoms with E-state index in [-0.39, 0.29) is 29.3 Å². The van der Waals surface area contributed by atoms with Crippen LogP contribution < -0.4 is 5.32 Å². The van der Waals surface area contributed by atoms with Crippen molar-refractivity contribution in [1.82, 2.24) is 10.2 Å². The molecule has 2 atom stereocenters. The highest BCUT2D eigenvalue weighted by atomic mass is 31.2. The van der Waals surface area contributed by atoms with Crippen molar-refractivity contribution in [1.29, 1.82) is 0 Å². The number of hydrogen-bond acceptors (Lipinski definition) is 5. The smallest absolute Gasteiger partial charge is 0.329 e. The molecule has 0 bridgehead atoms. The molecule has 1 aliphatic heterocycles. The van der Waals surface area contributed by atoms with E-state index in [1.807, 2.05) is 25.7 Å². The second-order valence-electron chi connectivity index (χ2n) is 6.17. The van der Waals surface area contributed by atoms with Gasteiger partial charge in [-0.05, 0) is 0 Å². The van der Waals surface area contributed by atoms with Gasteiger partial charge in [0.2, 0.25) is 0 Å². The third-order valence-corrected chi connectivity index (χ3v) is 4.49. The van der Waals surface area contributed by atoms with Crippen LogP contribution in [0.2, 0.25) is 0 Å². The zero-order chi connectivity index (χ0) is 15.4. The van der Waals surface area contributed by atoms with Crippen molar-refractivity contribution >= 4 is 17.5 Å². The van der Waals surface area contributed by atoms with Crippen molar-refractivity contribution in [3.63, 3.8) is 0 Å². The topological polar surface area (TPSA) is 102 Å². The second-order valence-corrected chi connectivity index (χ2v) is 7.81. The number of nitrogens with zero attached hydrogens (tertiary/aromatic N) is 1. The summed E-state index contributed by atoms with van der Waals surface area (Å²) < 4.78 is 17.4. The van der Waals surface area contributed by atoms with Gasteiger partial charge < -0.3 is 24.9 Å². The molecular formula is C12H30N2O5P2. The quantitative estimate of drug-likeness (QED) is 0.498. The first-order chi connectivity index (χ1) is 9.12. The summed E-state index contributed by atoms with van der Waals surface area (Å²) in [5, 5.41) is 12.3. The molecule has 9 heteroatoms. The maximum absolute atomic E-state index is 11.6. The van der Waals surface area contributed by atoms with E-state index in [1.165, 1.54) is 0 Å². The Morgan fingerprint density at radius 3 is 2.14 bits per heavy atom. The molecule has 0 aromatic carbocycles. The third kappa shape index (κ3) is 5.85. The highest BCUT2D eigenvalue weighted by Gasteiger charge is 2.51. The minimum absolute atomic E-state index is 0. The van der Waals surface area contributed by atoms with E-state index < -0.39 is 18.7 Å². The van der Waals surface area contributed by atoms with Gasteiger partial charge in [-0.2, -0.15) is 9.90 Å². The van der Waals surface area contributed by atoms with Crippen LogP contribution in [0.5, 0.6) is 0 Å². The van der Waals surface area contributed by atoms with Crippen molar-refractivity contribution in [3.8, 4) is 0 Å². The molecule has 0 aliphatic carbocycles. The summed E-state index contributed by atoms with van der Waals surface area (Å²) in [5.74, 6) is 0. The Bertz CT molecular complexity index is 352. The second kappa shape index (κ2) is 8.32. The Morgan fingerprint density at radius 1 is 1.24 bits per heavy atom. The molecule has 128 valence electrons. The summed E-state index contributed by atoms with van der Waals surface area (Å²) in [4.78, 5) is 20.9. The molecule has 0 aromatic rings. The zero-order valence-electron chi connectivity index (χ0n) is 13.2. The number of nitrogens with one attached hydrogen (secondary N) is 1. The first kappa shape index (κ1) is 21.4. The maximum atomic E-state index is 11.6. The Kier molecular flexibility index (Phi) is 8.49. The Hall–Kier alpha value is 0.420.